The van der Waals surface area contributed by atoms with Crippen molar-refractivity contribution in [3.05, 3.63) is 46.5 Å². The van der Waals surface area contributed by atoms with Crippen LogP contribution in [0.25, 0.3) is 0 Å². The molecule has 1 heterocycles. The van der Waals surface area contributed by atoms with E-state index in [4.69, 9.17) is 11.6 Å². The van der Waals surface area contributed by atoms with Gasteiger partial charge in [0.2, 0.25) is 11.8 Å². The number of allylic oxidation sites excluding steroid dienone is 1. The van der Waals surface area contributed by atoms with Crippen LogP contribution in [0.1, 0.15) is 64.4 Å². The van der Waals surface area contributed by atoms with Gasteiger partial charge in [-0.25, -0.2) is 0 Å². The van der Waals surface area contributed by atoms with Crippen LogP contribution in [-0.2, 0) is 16.0 Å². The molecule has 3 aliphatic carbocycles. The molecule has 0 radical (unpaired) electrons. The zero-order valence-electron chi connectivity index (χ0n) is 18.1. The molecule has 2 N–H and O–H groups in total. The Morgan fingerprint density at radius 3 is 2.67 bits per heavy atom. The molecule has 4 nitrogen and oxygen atoms in total. The standard InChI is InChI=1S/C25H33ClN2O2/c1-24(2)19-6-5-18(21(24)15-19)11-14-27-22(29)9-12-25(13-10-23(30)28-25)16-17-3-7-20(26)8-4-17/h3-5,7-8,19,21H,6,9-16H2,1-2H3,(H,27,29)(H,28,30)/t19-,21-,25?/m0/s1. The third kappa shape index (κ3) is 4.44. The number of carbonyl (C=O) groups is 2. The monoisotopic (exact) mass is 428 g/mol. The molecule has 5 heteroatoms. The number of carbonyl (C=O) groups excluding carboxylic acids is 2. The molecule has 4 aliphatic rings. The molecule has 1 saturated heterocycles. The summed E-state index contributed by atoms with van der Waals surface area (Å²) >= 11 is 5.99. The van der Waals surface area contributed by atoms with E-state index < -0.39 is 0 Å². The van der Waals surface area contributed by atoms with E-state index in [1.165, 1.54) is 18.4 Å². The molecule has 2 fully saturated rings. The summed E-state index contributed by atoms with van der Waals surface area (Å²) in [6.07, 6.45) is 9.00. The lowest BCUT2D eigenvalue weighted by Gasteiger charge is -2.56. The molecule has 1 aliphatic heterocycles. The third-order valence-corrected chi connectivity index (χ3v) is 8.09. The minimum Gasteiger partial charge on any atom is -0.356 e. The van der Waals surface area contributed by atoms with E-state index in [-0.39, 0.29) is 17.4 Å². The van der Waals surface area contributed by atoms with Gasteiger partial charge in [0.15, 0.2) is 0 Å². The van der Waals surface area contributed by atoms with Crippen molar-refractivity contribution in [3.63, 3.8) is 0 Å². The molecule has 2 bridgehead atoms. The Morgan fingerprint density at radius 2 is 2.03 bits per heavy atom. The second-order valence-corrected chi connectivity index (χ2v) is 10.5. The lowest BCUT2D eigenvalue weighted by Crippen LogP contribution is -2.48. The van der Waals surface area contributed by atoms with Gasteiger partial charge in [0.1, 0.15) is 0 Å². The maximum Gasteiger partial charge on any atom is 0.220 e. The van der Waals surface area contributed by atoms with Crippen LogP contribution in [0.2, 0.25) is 5.02 Å². The number of nitrogens with one attached hydrogen (secondary N) is 2. The second-order valence-electron chi connectivity index (χ2n) is 10.1. The highest BCUT2D eigenvalue weighted by atomic mass is 35.5. The zero-order valence-corrected chi connectivity index (χ0v) is 18.9. The van der Waals surface area contributed by atoms with Gasteiger partial charge in [-0.15, -0.1) is 0 Å². The van der Waals surface area contributed by atoms with E-state index in [1.807, 2.05) is 24.3 Å². The first-order chi connectivity index (χ1) is 14.3. The van der Waals surface area contributed by atoms with Crippen molar-refractivity contribution >= 4 is 23.4 Å². The summed E-state index contributed by atoms with van der Waals surface area (Å²) in [6.45, 7) is 5.47. The predicted octanol–water partition coefficient (Wildman–Crippen LogP) is 4.81. The van der Waals surface area contributed by atoms with Crippen LogP contribution >= 0.6 is 11.6 Å². The first kappa shape index (κ1) is 21.4. The maximum atomic E-state index is 12.5. The average molecular weight is 429 g/mol. The van der Waals surface area contributed by atoms with E-state index in [0.717, 1.165) is 30.7 Å². The van der Waals surface area contributed by atoms with E-state index in [2.05, 4.69) is 30.6 Å². The quantitative estimate of drug-likeness (QED) is 0.583. The largest absolute Gasteiger partial charge is 0.356 e. The van der Waals surface area contributed by atoms with Crippen LogP contribution in [0.15, 0.2) is 35.9 Å². The van der Waals surface area contributed by atoms with Crippen LogP contribution < -0.4 is 10.6 Å². The normalized spacial score (nSPS) is 29.0. The SMILES string of the molecule is CC1(C)[C@H]2CC=C(CCNC(=O)CCC3(Cc4ccc(Cl)cc4)CCC(=O)N3)[C@@H]1C2. The highest BCUT2D eigenvalue weighted by Crippen LogP contribution is 2.59. The summed E-state index contributed by atoms with van der Waals surface area (Å²) in [7, 11) is 0. The van der Waals surface area contributed by atoms with Crippen LogP contribution in [0.4, 0.5) is 0 Å². The molecule has 3 atom stereocenters. The number of fused-ring (bicyclic) bond motifs is 1. The molecule has 30 heavy (non-hydrogen) atoms. The molecule has 2 amide bonds. The molecular formula is C25H33ClN2O2. The number of hydrogen-bond acceptors (Lipinski definition) is 2. The molecule has 162 valence electrons. The van der Waals surface area contributed by atoms with Crippen molar-refractivity contribution in [3.8, 4) is 0 Å². The Balaban J connectivity index is 1.26. The van der Waals surface area contributed by atoms with Crippen molar-refractivity contribution in [2.45, 2.75) is 70.8 Å². The summed E-state index contributed by atoms with van der Waals surface area (Å²) in [5.41, 5.74) is 2.76. The highest BCUT2D eigenvalue weighted by molar-refractivity contribution is 6.30. The van der Waals surface area contributed by atoms with Crippen LogP contribution in [0, 0.1) is 17.3 Å². The fraction of sp³-hybridized carbons (Fsp3) is 0.600. The lowest BCUT2D eigenvalue weighted by atomic mass is 9.48. The van der Waals surface area contributed by atoms with Gasteiger partial charge in [-0.3, -0.25) is 9.59 Å². The fourth-order valence-electron chi connectivity index (χ4n) is 5.72. The molecule has 1 aromatic rings. The average Bonchev–Trinajstić information content (AvgIpc) is 3.09. The Morgan fingerprint density at radius 1 is 1.27 bits per heavy atom. The minimum absolute atomic E-state index is 0.0776. The third-order valence-electron chi connectivity index (χ3n) is 7.84. The smallest absolute Gasteiger partial charge is 0.220 e. The van der Waals surface area contributed by atoms with Gasteiger partial charge in [0.25, 0.3) is 0 Å². The molecule has 1 aromatic carbocycles. The first-order valence-corrected chi connectivity index (χ1v) is 11.7. The summed E-state index contributed by atoms with van der Waals surface area (Å²) < 4.78 is 0. The number of benzene rings is 1. The van der Waals surface area contributed by atoms with Gasteiger partial charge in [0.05, 0.1) is 0 Å². The fourth-order valence-corrected chi connectivity index (χ4v) is 5.85. The van der Waals surface area contributed by atoms with Gasteiger partial charge in [-0.2, -0.15) is 0 Å². The molecule has 1 unspecified atom stereocenters. The molecule has 0 aromatic heterocycles. The second kappa shape index (κ2) is 8.37. The van der Waals surface area contributed by atoms with E-state index in [1.54, 1.807) is 0 Å². The summed E-state index contributed by atoms with van der Waals surface area (Å²) in [4.78, 5) is 24.5. The molecule has 1 saturated carbocycles. The maximum absolute atomic E-state index is 12.5. The molecular weight excluding hydrogens is 396 g/mol. The Hall–Kier alpha value is -1.81. The number of rotatable bonds is 8. The Kier molecular flexibility index (Phi) is 5.98. The van der Waals surface area contributed by atoms with E-state index in [9.17, 15) is 9.59 Å². The van der Waals surface area contributed by atoms with E-state index in [0.29, 0.717) is 42.2 Å². The van der Waals surface area contributed by atoms with Gasteiger partial charge in [-0.05, 0) is 73.5 Å². The van der Waals surface area contributed by atoms with Gasteiger partial charge >= 0.3 is 0 Å². The Labute approximate surface area is 184 Å². The minimum atomic E-state index is -0.334. The predicted molar refractivity (Wildman–Crippen MR) is 120 cm³/mol. The van der Waals surface area contributed by atoms with Crippen molar-refractivity contribution in [1.82, 2.24) is 10.6 Å². The first-order valence-electron chi connectivity index (χ1n) is 11.3. The molecule has 0 spiro atoms. The van der Waals surface area contributed by atoms with Crippen molar-refractivity contribution in [1.29, 1.82) is 0 Å². The number of hydrogen-bond donors (Lipinski definition) is 2. The number of amides is 2. The molecule has 5 rings (SSSR count). The van der Waals surface area contributed by atoms with Crippen molar-refractivity contribution in [2.75, 3.05) is 6.54 Å². The summed E-state index contributed by atoms with van der Waals surface area (Å²) in [5.74, 6) is 1.70. The van der Waals surface area contributed by atoms with Gasteiger partial charge in [0, 0.05) is 29.9 Å². The van der Waals surface area contributed by atoms with E-state index >= 15 is 0 Å². The zero-order chi connectivity index (χ0) is 21.4. The van der Waals surface area contributed by atoms with Gasteiger partial charge < -0.3 is 10.6 Å². The highest BCUT2D eigenvalue weighted by Gasteiger charge is 2.50. The van der Waals surface area contributed by atoms with Gasteiger partial charge in [-0.1, -0.05) is 49.2 Å². The summed E-state index contributed by atoms with van der Waals surface area (Å²) in [6, 6.07) is 7.75. The lowest BCUT2D eigenvalue weighted by molar-refractivity contribution is -0.122. The van der Waals surface area contributed by atoms with Crippen molar-refractivity contribution in [2.24, 2.45) is 17.3 Å². The Bertz CT molecular complexity index is 845. The topological polar surface area (TPSA) is 58.2 Å². The van der Waals surface area contributed by atoms with Crippen molar-refractivity contribution < 1.29 is 9.59 Å². The number of halogens is 1. The van der Waals surface area contributed by atoms with Crippen LogP contribution in [-0.4, -0.2) is 23.9 Å². The van der Waals surface area contributed by atoms with Crippen LogP contribution in [0.5, 0.6) is 0 Å². The summed E-state index contributed by atoms with van der Waals surface area (Å²) in [5, 5.41) is 6.97. The van der Waals surface area contributed by atoms with Crippen LogP contribution in [0.3, 0.4) is 0 Å².